The molecule has 0 aliphatic heterocycles. The zero-order chi connectivity index (χ0) is 26.8. The number of rotatable bonds is 6. The van der Waals surface area contributed by atoms with Crippen molar-refractivity contribution in [2.24, 2.45) is 0 Å². The number of aryl methyl sites for hydroxylation is 2. The first-order chi connectivity index (χ1) is 19.0. The number of nitrogens with one attached hydrogen (secondary N) is 3. The van der Waals surface area contributed by atoms with Crippen molar-refractivity contribution in [2.45, 2.75) is 20.5 Å². The second-order valence-corrected chi connectivity index (χ2v) is 9.73. The van der Waals surface area contributed by atoms with Crippen molar-refractivity contribution >= 4 is 45.0 Å². The third-order valence-corrected chi connectivity index (χ3v) is 6.60. The van der Waals surface area contributed by atoms with E-state index in [1.54, 1.807) is 0 Å². The van der Waals surface area contributed by atoms with Crippen LogP contribution in [0.1, 0.15) is 16.7 Å². The number of H-pyrrole nitrogens is 1. The normalized spacial score (nSPS) is 11.0. The summed E-state index contributed by atoms with van der Waals surface area (Å²) in [7, 11) is 0. The van der Waals surface area contributed by atoms with Crippen LogP contribution in [0.15, 0.2) is 103 Å². The molecule has 0 unspecified atom stereocenters. The van der Waals surface area contributed by atoms with Crippen molar-refractivity contribution in [1.29, 1.82) is 0 Å². The SMILES string of the molecule is Cc1cc(C)cc(NC(=O)OCc2cc(Nc3c4ccccc4nc4ccccc34)cc(-c3ccc[nH]3)c2)c1. The fourth-order valence-corrected chi connectivity index (χ4v) is 4.98. The second-order valence-electron chi connectivity index (χ2n) is 9.73. The highest BCUT2D eigenvalue weighted by molar-refractivity contribution is 6.08. The van der Waals surface area contributed by atoms with Crippen LogP contribution < -0.4 is 10.6 Å². The van der Waals surface area contributed by atoms with Crippen molar-refractivity contribution in [3.63, 3.8) is 0 Å². The molecule has 1 amide bonds. The Bertz CT molecular complexity index is 1730. The standard InChI is InChI=1S/C33H28N4O2/c1-21-14-22(2)16-25(15-21)36-33(38)39-20-23-17-24(29-12-7-13-34-29)19-26(18-23)35-32-27-8-3-5-10-30(27)37-31-11-6-4-9-28(31)32/h3-19,34H,20H2,1-2H3,(H,35,37)(H,36,38). The quantitative estimate of drug-likeness (QED) is 0.196. The minimum absolute atomic E-state index is 0.123. The maximum atomic E-state index is 12.6. The number of fused-ring (bicyclic) bond motifs is 2. The van der Waals surface area contributed by atoms with Crippen LogP contribution in [0, 0.1) is 13.8 Å². The molecule has 6 aromatic rings. The molecule has 0 spiro atoms. The van der Waals surface area contributed by atoms with E-state index in [0.717, 1.165) is 66.8 Å². The molecule has 0 aliphatic rings. The summed E-state index contributed by atoms with van der Waals surface area (Å²) in [4.78, 5) is 20.8. The summed E-state index contributed by atoms with van der Waals surface area (Å²) < 4.78 is 5.63. The van der Waals surface area contributed by atoms with Gasteiger partial charge in [-0.15, -0.1) is 0 Å². The number of para-hydroxylation sites is 2. The Morgan fingerprint density at radius 2 is 1.49 bits per heavy atom. The number of benzene rings is 4. The highest BCUT2D eigenvalue weighted by Crippen LogP contribution is 2.34. The van der Waals surface area contributed by atoms with E-state index >= 15 is 0 Å². The first-order valence-corrected chi connectivity index (χ1v) is 12.9. The zero-order valence-corrected chi connectivity index (χ0v) is 21.8. The summed E-state index contributed by atoms with van der Waals surface area (Å²) in [5.41, 5.74) is 9.42. The number of nitrogens with zero attached hydrogens (tertiary/aromatic N) is 1. The topological polar surface area (TPSA) is 79.0 Å². The Balaban J connectivity index is 1.33. The number of hydrogen-bond acceptors (Lipinski definition) is 4. The van der Waals surface area contributed by atoms with Gasteiger partial charge in [-0.3, -0.25) is 5.32 Å². The average Bonchev–Trinajstić information content (AvgIpc) is 3.47. The number of amides is 1. The Labute approximate surface area is 226 Å². The smallest absolute Gasteiger partial charge is 0.411 e. The minimum atomic E-state index is -0.495. The largest absolute Gasteiger partial charge is 0.444 e. The Morgan fingerprint density at radius 3 is 2.15 bits per heavy atom. The number of hydrogen-bond donors (Lipinski definition) is 3. The summed E-state index contributed by atoms with van der Waals surface area (Å²) in [5.74, 6) is 0. The number of carbonyl (C=O) groups is 1. The van der Waals surface area contributed by atoms with Crippen LogP contribution in [0.2, 0.25) is 0 Å². The van der Waals surface area contributed by atoms with Crippen molar-refractivity contribution in [1.82, 2.24) is 9.97 Å². The van der Waals surface area contributed by atoms with Gasteiger partial charge in [0.25, 0.3) is 0 Å². The predicted octanol–water partition coefficient (Wildman–Crippen LogP) is 8.49. The highest BCUT2D eigenvalue weighted by atomic mass is 16.5. The van der Waals surface area contributed by atoms with Gasteiger partial charge in [-0.2, -0.15) is 0 Å². The van der Waals surface area contributed by atoms with Crippen molar-refractivity contribution in [3.05, 3.63) is 120 Å². The molecule has 2 heterocycles. The van der Waals surface area contributed by atoms with Gasteiger partial charge in [0, 0.05) is 39.6 Å². The van der Waals surface area contributed by atoms with Gasteiger partial charge in [-0.25, -0.2) is 9.78 Å². The number of ether oxygens (including phenoxy) is 1. The third-order valence-electron chi connectivity index (χ3n) is 6.60. The maximum Gasteiger partial charge on any atom is 0.411 e. The van der Waals surface area contributed by atoms with Gasteiger partial charge in [0.05, 0.1) is 16.7 Å². The van der Waals surface area contributed by atoms with E-state index in [-0.39, 0.29) is 6.61 Å². The lowest BCUT2D eigenvalue weighted by Gasteiger charge is -2.16. The lowest BCUT2D eigenvalue weighted by Crippen LogP contribution is -2.13. The number of pyridine rings is 1. The number of anilines is 3. The summed E-state index contributed by atoms with van der Waals surface area (Å²) in [6.45, 7) is 4.12. The Morgan fingerprint density at radius 1 is 0.795 bits per heavy atom. The summed E-state index contributed by atoms with van der Waals surface area (Å²) in [6.07, 6.45) is 1.40. The summed E-state index contributed by atoms with van der Waals surface area (Å²) in [5, 5.41) is 8.57. The Hall–Kier alpha value is -5.10. The lowest BCUT2D eigenvalue weighted by atomic mass is 10.0. The van der Waals surface area contributed by atoms with Crippen LogP contribution in [0.3, 0.4) is 0 Å². The molecule has 4 aromatic carbocycles. The average molecular weight is 513 g/mol. The van der Waals surface area contributed by atoms with E-state index in [1.807, 2.05) is 92.8 Å². The molecule has 0 radical (unpaired) electrons. The van der Waals surface area contributed by atoms with Crippen LogP contribution in [-0.4, -0.2) is 16.1 Å². The lowest BCUT2D eigenvalue weighted by molar-refractivity contribution is 0.155. The van der Waals surface area contributed by atoms with E-state index in [1.165, 1.54) is 0 Å². The molecule has 0 saturated carbocycles. The predicted molar refractivity (Wildman–Crippen MR) is 158 cm³/mol. The van der Waals surface area contributed by atoms with E-state index in [9.17, 15) is 4.79 Å². The zero-order valence-electron chi connectivity index (χ0n) is 21.8. The molecular weight excluding hydrogens is 484 g/mol. The highest BCUT2D eigenvalue weighted by Gasteiger charge is 2.12. The summed E-state index contributed by atoms with van der Waals surface area (Å²) >= 11 is 0. The molecule has 0 fully saturated rings. The first kappa shape index (κ1) is 24.2. The molecule has 6 heteroatoms. The molecule has 2 aromatic heterocycles. The van der Waals surface area contributed by atoms with Crippen molar-refractivity contribution in [3.8, 4) is 11.3 Å². The molecule has 0 aliphatic carbocycles. The van der Waals surface area contributed by atoms with E-state index < -0.39 is 6.09 Å². The molecule has 192 valence electrons. The fraction of sp³-hybridized carbons (Fsp3) is 0.0909. The van der Waals surface area contributed by atoms with Crippen LogP contribution in [-0.2, 0) is 11.3 Å². The van der Waals surface area contributed by atoms with Gasteiger partial charge in [0.1, 0.15) is 6.61 Å². The van der Waals surface area contributed by atoms with Crippen LogP contribution in [0.4, 0.5) is 21.9 Å². The van der Waals surface area contributed by atoms with Gasteiger partial charge in [-0.05, 0) is 85.1 Å². The third kappa shape index (κ3) is 5.31. The number of aromatic amines is 1. The second kappa shape index (κ2) is 10.3. The fourth-order valence-electron chi connectivity index (χ4n) is 4.98. The molecule has 0 atom stereocenters. The monoisotopic (exact) mass is 512 g/mol. The van der Waals surface area contributed by atoms with Crippen LogP contribution in [0.25, 0.3) is 33.1 Å². The van der Waals surface area contributed by atoms with Gasteiger partial charge in [0.15, 0.2) is 0 Å². The molecule has 3 N–H and O–H groups in total. The van der Waals surface area contributed by atoms with E-state index in [4.69, 9.17) is 9.72 Å². The van der Waals surface area contributed by atoms with Gasteiger partial charge in [-0.1, -0.05) is 42.5 Å². The summed E-state index contributed by atoms with van der Waals surface area (Å²) in [6, 6.07) is 32.3. The number of carbonyl (C=O) groups excluding carboxylic acids is 1. The molecule has 6 nitrogen and oxygen atoms in total. The first-order valence-electron chi connectivity index (χ1n) is 12.9. The van der Waals surface area contributed by atoms with Gasteiger partial charge in [0.2, 0.25) is 0 Å². The molecule has 0 bridgehead atoms. The van der Waals surface area contributed by atoms with Crippen molar-refractivity contribution < 1.29 is 9.53 Å². The molecular formula is C33H28N4O2. The molecule has 39 heavy (non-hydrogen) atoms. The van der Waals surface area contributed by atoms with E-state index in [0.29, 0.717) is 0 Å². The van der Waals surface area contributed by atoms with Gasteiger partial charge < -0.3 is 15.0 Å². The Kier molecular flexibility index (Phi) is 6.43. The van der Waals surface area contributed by atoms with Crippen molar-refractivity contribution in [2.75, 3.05) is 10.6 Å². The van der Waals surface area contributed by atoms with Gasteiger partial charge >= 0.3 is 6.09 Å². The number of aromatic nitrogens is 2. The molecule has 6 rings (SSSR count). The van der Waals surface area contributed by atoms with E-state index in [2.05, 4.69) is 39.9 Å². The van der Waals surface area contributed by atoms with Crippen LogP contribution >= 0.6 is 0 Å². The van der Waals surface area contributed by atoms with Crippen LogP contribution in [0.5, 0.6) is 0 Å². The molecule has 0 saturated heterocycles. The maximum absolute atomic E-state index is 12.6. The minimum Gasteiger partial charge on any atom is -0.444 e.